The van der Waals surface area contributed by atoms with Crippen LogP contribution in [-0.2, 0) is 30.8 Å². The van der Waals surface area contributed by atoms with Crippen molar-refractivity contribution in [2.24, 2.45) is 17.3 Å². The molecule has 4 aliphatic rings. The van der Waals surface area contributed by atoms with E-state index in [0.717, 1.165) is 12.8 Å². The molecule has 2 N–H and O–H groups in total. The molecule has 5 atom stereocenters. The fourth-order valence-electron chi connectivity index (χ4n) is 6.39. The summed E-state index contributed by atoms with van der Waals surface area (Å²) >= 11 is 0. The van der Waals surface area contributed by atoms with Gasteiger partial charge in [0.1, 0.15) is 0 Å². The maximum Gasteiger partial charge on any atom is 0.466 e. The first-order valence-corrected chi connectivity index (χ1v) is 12.8. The van der Waals surface area contributed by atoms with Gasteiger partial charge in [-0.1, -0.05) is 16.5 Å². The SMILES string of the molecule is C#Cc1c(O)c2c(c3c1CC[C@H]1[C@@H]3CC[C@]3(C)[C@@H](O)CC[C@@H]13)OS(=O)(=O)OS(=O)(=O)O2. The maximum absolute atomic E-state index is 12.2. The average molecular weight is 471 g/mol. The van der Waals surface area contributed by atoms with E-state index in [1.807, 2.05) is 0 Å². The molecular formula is C20H22O9S2. The number of phenols is 1. The summed E-state index contributed by atoms with van der Waals surface area (Å²) in [5.74, 6) is 0.812. The van der Waals surface area contributed by atoms with Gasteiger partial charge in [-0.2, -0.15) is 16.8 Å². The average Bonchev–Trinajstić information content (AvgIpc) is 2.92. The van der Waals surface area contributed by atoms with Gasteiger partial charge in [-0.15, -0.1) is 6.42 Å². The summed E-state index contributed by atoms with van der Waals surface area (Å²) in [6, 6.07) is 0. The van der Waals surface area contributed by atoms with Crippen molar-refractivity contribution in [1.29, 1.82) is 0 Å². The third-order valence-electron chi connectivity index (χ3n) is 7.70. The predicted molar refractivity (Wildman–Crippen MR) is 107 cm³/mol. The highest BCUT2D eigenvalue weighted by atomic mass is 32.3. The molecule has 0 unspecified atom stereocenters. The molecule has 0 saturated heterocycles. The molecule has 5 rings (SSSR count). The molecule has 1 aromatic rings. The van der Waals surface area contributed by atoms with Crippen LogP contribution in [0.5, 0.6) is 17.2 Å². The monoisotopic (exact) mass is 470 g/mol. The van der Waals surface area contributed by atoms with Crippen molar-refractivity contribution in [2.75, 3.05) is 0 Å². The number of hydrogen-bond donors (Lipinski definition) is 2. The van der Waals surface area contributed by atoms with Crippen LogP contribution in [0.3, 0.4) is 0 Å². The van der Waals surface area contributed by atoms with E-state index in [9.17, 15) is 27.0 Å². The normalized spacial score (nSPS) is 36.9. The van der Waals surface area contributed by atoms with E-state index in [-0.39, 0.29) is 34.5 Å². The topological polar surface area (TPSA) is 136 Å². The molecule has 0 radical (unpaired) electrons. The van der Waals surface area contributed by atoms with E-state index < -0.39 is 38.4 Å². The van der Waals surface area contributed by atoms with Crippen molar-refractivity contribution in [3.63, 3.8) is 0 Å². The second kappa shape index (κ2) is 6.51. The molecule has 0 aromatic heterocycles. The Morgan fingerprint density at radius 3 is 2.42 bits per heavy atom. The summed E-state index contributed by atoms with van der Waals surface area (Å²) in [7, 11) is -10.1. The lowest BCUT2D eigenvalue weighted by Crippen LogP contribution is -2.44. The van der Waals surface area contributed by atoms with Crippen molar-refractivity contribution < 1.29 is 39.0 Å². The number of aliphatic hydroxyl groups excluding tert-OH is 1. The Hall–Kier alpha value is -2.00. The van der Waals surface area contributed by atoms with Crippen LogP contribution >= 0.6 is 0 Å². The highest BCUT2D eigenvalue weighted by Gasteiger charge is 2.56. The van der Waals surface area contributed by atoms with E-state index in [1.165, 1.54) is 0 Å². The van der Waals surface area contributed by atoms with Gasteiger partial charge in [-0.25, -0.2) is 0 Å². The molecule has 1 aromatic carbocycles. The van der Waals surface area contributed by atoms with Gasteiger partial charge in [0.05, 0.1) is 11.7 Å². The number of aliphatic hydroxyl groups is 1. The quantitative estimate of drug-likeness (QED) is 0.544. The van der Waals surface area contributed by atoms with Crippen LogP contribution in [0.1, 0.15) is 61.6 Å². The molecule has 31 heavy (non-hydrogen) atoms. The van der Waals surface area contributed by atoms with Gasteiger partial charge in [0, 0.05) is 5.56 Å². The molecule has 1 aliphatic heterocycles. The Morgan fingerprint density at radius 1 is 1.06 bits per heavy atom. The van der Waals surface area contributed by atoms with Crippen molar-refractivity contribution in [2.45, 2.75) is 57.5 Å². The zero-order valence-corrected chi connectivity index (χ0v) is 18.3. The highest BCUT2D eigenvalue weighted by Crippen LogP contribution is 2.64. The number of rotatable bonds is 0. The minimum Gasteiger partial charge on any atom is -0.503 e. The molecular weight excluding hydrogens is 448 g/mol. The first-order chi connectivity index (χ1) is 14.5. The molecule has 9 nitrogen and oxygen atoms in total. The largest absolute Gasteiger partial charge is 0.503 e. The minimum absolute atomic E-state index is 0.0603. The molecule has 168 valence electrons. The fourth-order valence-corrected chi connectivity index (χ4v) is 8.16. The molecule has 2 saturated carbocycles. The van der Waals surface area contributed by atoms with Gasteiger partial charge in [0.25, 0.3) is 0 Å². The summed E-state index contributed by atoms with van der Waals surface area (Å²) in [6.07, 6.45) is 9.33. The second-order valence-electron chi connectivity index (χ2n) is 9.02. The van der Waals surface area contributed by atoms with Crippen LogP contribution in [-0.4, -0.2) is 33.2 Å². The number of benzene rings is 1. The second-order valence-corrected chi connectivity index (χ2v) is 11.5. The van der Waals surface area contributed by atoms with Gasteiger partial charge >= 0.3 is 20.8 Å². The van der Waals surface area contributed by atoms with E-state index >= 15 is 0 Å². The Kier molecular flexibility index (Phi) is 4.38. The molecule has 2 fully saturated rings. The molecule has 0 bridgehead atoms. The van der Waals surface area contributed by atoms with Crippen LogP contribution in [0, 0.1) is 29.6 Å². The molecule has 0 amide bonds. The van der Waals surface area contributed by atoms with Crippen LogP contribution in [0.4, 0.5) is 0 Å². The summed E-state index contributed by atoms with van der Waals surface area (Å²) in [5.41, 5.74) is 0.840. The summed E-state index contributed by atoms with van der Waals surface area (Å²) in [4.78, 5) is 0. The lowest BCUT2D eigenvalue weighted by Gasteiger charge is -2.50. The molecule has 0 spiro atoms. The smallest absolute Gasteiger partial charge is 0.466 e. The molecule has 11 heteroatoms. The van der Waals surface area contributed by atoms with Gasteiger partial charge in [0.2, 0.25) is 5.75 Å². The van der Waals surface area contributed by atoms with Crippen molar-refractivity contribution in [3.05, 3.63) is 16.7 Å². The van der Waals surface area contributed by atoms with Crippen LogP contribution < -0.4 is 8.37 Å². The van der Waals surface area contributed by atoms with Crippen LogP contribution in [0.25, 0.3) is 0 Å². The highest BCUT2D eigenvalue weighted by molar-refractivity contribution is 7.95. The van der Waals surface area contributed by atoms with Crippen molar-refractivity contribution >= 4 is 20.8 Å². The zero-order valence-electron chi connectivity index (χ0n) is 16.7. The van der Waals surface area contributed by atoms with Crippen LogP contribution in [0.15, 0.2) is 0 Å². The molecule has 3 aliphatic carbocycles. The first-order valence-electron chi connectivity index (χ1n) is 10.1. The van der Waals surface area contributed by atoms with Gasteiger partial charge < -0.3 is 18.6 Å². The van der Waals surface area contributed by atoms with E-state index in [0.29, 0.717) is 36.8 Å². The summed E-state index contributed by atoms with van der Waals surface area (Å²) in [6.45, 7) is 2.09. The van der Waals surface area contributed by atoms with Gasteiger partial charge in [-0.05, 0) is 67.3 Å². The van der Waals surface area contributed by atoms with Crippen molar-refractivity contribution in [1.82, 2.24) is 0 Å². The Balaban J connectivity index is 1.74. The number of aromatic hydroxyl groups is 1. The van der Waals surface area contributed by atoms with Crippen LogP contribution in [0.2, 0.25) is 0 Å². The summed E-state index contributed by atoms with van der Waals surface area (Å²) < 4.78 is 62.2. The lowest BCUT2D eigenvalue weighted by molar-refractivity contribution is -0.0228. The standard InChI is InChI=1S/C20H22O9S2/c1-3-10-12-5-4-11-13(8-9-20(2)14(11)6-7-15(20)21)16(12)18-19(17(10)22)28-31(25,26)29-30(23,24)27-18/h1,11,13-15,21-22H,4-9H2,2H3/t11-,13-,14-,15-,20-/m0/s1. The van der Waals surface area contributed by atoms with E-state index in [4.69, 9.17) is 14.8 Å². The van der Waals surface area contributed by atoms with E-state index in [2.05, 4.69) is 16.5 Å². The minimum atomic E-state index is -5.05. The third kappa shape index (κ3) is 2.96. The van der Waals surface area contributed by atoms with Crippen molar-refractivity contribution in [3.8, 4) is 29.6 Å². The fraction of sp³-hybridized carbons (Fsp3) is 0.600. The van der Waals surface area contributed by atoms with Gasteiger partial charge in [0.15, 0.2) is 11.5 Å². The predicted octanol–water partition coefficient (Wildman–Crippen LogP) is 1.87. The maximum atomic E-state index is 12.2. The zero-order chi connectivity index (χ0) is 22.3. The first kappa shape index (κ1) is 20.9. The Morgan fingerprint density at radius 2 is 1.74 bits per heavy atom. The number of terminal acetylenes is 1. The van der Waals surface area contributed by atoms with E-state index in [1.54, 1.807) is 0 Å². The molecule has 1 heterocycles. The number of fused-ring (bicyclic) bond motifs is 7. The Labute approximate surface area is 181 Å². The van der Waals surface area contributed by atoms with Gasteiger partial charge in [-0.3, -0.25) is 0 Å². The number of hydrogen-bond acceptors (Lipinski definition) is 9. The number of phenolic OH excluding ortho intramolecular Hbond substituents is 1. The lowest BCUT2D eigenvalue weighted by atomic mass is 9.55. The Bertz CT molecular complexity index is 1230. The summed E-state index contributed by atoms with van der Waals surface area (Å²) in [5, 5.41) is 21.2. The third-order valence-corrected chi connectivity index (χ3v) is 9.77.